The van der Waals surface area contributed by atoms with Gasteiger partial charge in [0.05, 0.1) is 22.7 Å². The van der Waals surface area contributed by atoms with Crippen molar-refractivity contribution < 1.29 is 9.31 Å². The maximum atomic E-state index is 13.4. The average Bonchev–Trinajstić information content (AvgIpc) is 2.31. The molecule has 0 atom stereocenters. The zero-order chi connectivity index (χ0) is 13.1. The van der Waals surface area contributed by atoms with Crippen LogP contribution in [0.2, 0.25) is 0 Å². The summed E-state index contributed by atoms with van der Waals surface area (Å²) in [6.07, 6.45) is 0. The van der Waals surface area contributed by atoms with E-state index in [0.29, 0.717) is 0 Å². The van der Waals surface area contributed by atoms with E-state index < -0.39 is 10.7 Å². The normalized spacial score (nSPS) is 10.1. The number of hydrogen-bond donors (Lipinski definition) is 2. The first-order valence-electron chi connectivity index (χ1n) is 5.00. The Hall–Kier alpha value is -2.70. The van der Waals surface area contributed by atoms with Gasteiger partial charge in [0.1, 0.15) is 17.5 Å². The van der Waals surface area contributed by atoms with Crippen LogP contribution in [0.5, 0.6) is 0 Å². The zero-order valence-corrected chi connectivity index (χ0v) is 9.13. The van der Waals surface area contributed by atoms with E-state index in [1.807, 2.05) is 0 Å². The predicted octanol–water partition coefficient (Wildman–Crippen LogP) is 2.45. The molecule has 0 bridgehead atoms. The number of anilines is 3. The first-order chi connectivity index (χ1) is 8.56. The second kappa shape index (κ2) is 4.66. The molecule has 7 heteroatoms. The van der Waals surface area contributed by atoms with Crippen molar-refractivity contribution in [2.75, 3.05) is 11.1 Å². The van der Waals surface area contributed by atoms with Gasteiger partial charge >= 0.3 is 0 Å². The summed E-state index contributed by atoms with van der Waals surface area (Å²) in [6, 6.07) is 8.24. The summed E-state index contributed by atoms with van der Waals surface area (Å²) in [5.41, 5.74) is 5.40. The molecule has 0 amide bonds. The number of aromatic nitrogens is 1. The van der Waals surface area contributed by atoms with E-state index in [-0.39, 0.29) is 23.0 Å². The Morgan fingerprint density at radius 2 is 2.06 bits per heavy atom. The van der Waals surface area contributed by atoms with E-state index in [1.165, 1.54) is 24.3 Å². The molecule has 0 unspecified atom stereocenters. The minimum atomic E-state index is -0.593. The molecule has 0 fully saturated rings. The van der Waals surface area contributed by atoms with E-state index >= 15 is 0 Å². The number of nitrogens with two attached hydrogens (primary N) is 1. The van der Waals surface area contributed by atoms with Crippen molar-refractivity contribution in [3.63, 3.8) is 0 Å². The van der Waals surface area contributed by atoms with Crippen LogP contribution in [0.3, 0.4) is 0 Å². The summed E-state index contributed by atoms with van der Waals surface area (Å²) in [6.45, 7) is 0. The molecule has 0 saturated heterocycles. The van der Waals surface area contributed by atoms with Crippen LogP contribution in [-0.2, 0) is 0 Å². The fourth-order valence-electron chi connectivity index (χ4n) is 1.41. The lowest BCUT2D eigenvalue weighted by Crippen LogP contribution is -2.00. The highest BCUT2D eigenvalue weighted by Crippen LogP contribution is 2.23. The van der Waals surface area contributed by atoms with E-state index in [1.54, 1.807) is 6.07 Å². The summed E-state index contributed by atoms with van der Waals surface area (Å²) in [4.78, 5) is 13.9. The topological polar surface area (TPSA) is 94.1 Å². The molecule has 18 heavy (non-hydrogen) atoms. The number of para-hydroxylation sites is 1. The van der Waals surface area contributed by atoms with Gasteiger partial charge in [0, 0.05) is 0 Å². The molecule has 92 valence electrons. The Kier molecular flexibility index (Phi) is 3.05. The van der Waals surface area contributed by atoms with Crippen molar-refractivity contribution in [1.82, 2.24) is 4.98 Å². The van der Waals surface area contributed by atoms with Gasteiger partial charge in [-0.05, 0) is 12.1 Å². The van der Waals surface area contributed by atoms with Crippen molar-refractivity contribution in [3.8, 4) is 0 Å². The lowest BCUT2D eigenvalue weighted by molar-refractivity contribution is -0.384. The fraction of sp³-hybridized carbons (Fsp3) is 0. The molecular formula is C11H9FN4O2. The van der Waals surface area contributed by atoms with Gasteiger partial charge in [-0.25, -0.2) is 9.37 Å². The number of halogens is 1. The second-order valence-electron chi connectivity index (χ2n) is 3.50. The molecule has 0 aliphatic carbocycles. The quantitative estimate of drug-likeness (QED) is 0.642. The summed E-state index contributed by atoms with van der Waals surface area (Å²) < 4.78 is 13.4. The van der Waals surface area contributed by atoms with Gasteiger partial charge in [-0.3, -0.25) is 10.1 Å². The van der Waals surface area contributed by atoms with E-state index in [4.69, 9.17) is 5.73 Å². The highest BCUT2D eigenvalue weighted by atomic mass is 19.1. The number of nitrogens with one attached hydrogen (secondary N) is 1. The molecule has 6 nitrogen and oxygen atoms in total. The second-order valence-corrected chi connectivity index (χ2v) is 3.50. The van der Waals surface area contributed by atoms with E-state index in [9.17, 15) is 14.5 Å². The highest BCUT2D eigenvalue weighted by molar-refractivity contribution is 5.61. The molecule has 1 heterocycles. The lowest BCUT2D eigenvalue weighted by atomic mass is 10.3. The molecule has 3 N–H and O–H groups in total. The van der Waals surface area contributed by atoms with Crippen molar-refractivity contribution in [2.24, 2.45) is 0 Å². The third kappa shape index (κ3) is 2.51. The predicted molar refractivity (Wildman–Crippen MR) is 65.0 cm³/mol. The summed E-state index contributed by atoms with van der Waals surface area (Å²) in [7, 11) is 0. The standard InChI is InChI=1S/C11H9FN4O2/c12-8-3-1-2-4-9(8)14-11-6-7(16(17)18)5-10(13)15-11/h1-6H,(H3,13,14,15). The first kappa shape index (κ1) is 11.8. The molecule has 1 aromatic carbocycles. The van der Waals surface area contributed by atoms with Gasteiger partial charge in [-0.1, -0.05) is 12.1 Å². The van der Waals surface area contributed by atoms with Crippen LogP contribution in [0.25, 0.3) is 0 Å². The van der Waals surface area contributed by atoms with Crippen LogP contribution in [0.1, 0.15) is 0 Å². The molecule has 1 aromatic heterocycles. The molecule has 2 rings (SSSR count). The first-order valence-corrected chi connectivity index (χ1v) is 5.00. The number of nitro groups is 1. The minimum absolute atomic E-state index is 0.0111. The van der Waals surface area contributed by atoms with E-state index in [0.717, 1.165) is 6.07 Å². The number of hydrogen-bond acceptors (Lipinski definition) is 5. The maximum Gasteiger partial charge on any atom is 0.276 e. The number of benzene rings is 1. The SMILES string of the molecule is Nc1cc([N+](=O)[O-])cc(Nc2ccccc2F)n1. The zero-order valence-electron chi connectivity index (χ0n) is 9.13. The third-order valence-electron chi connectivity index (χ3n) is 2.18. The van der Waals surface area contributed by atoms with Crippen LogP contribution >= 0.6 is 0 Å². The van der Waals surface area contributed by atoms with E-state index in [2.05, 4.69) is 10.3 Å². The Morgan fingerprint density at radius 1 is 1.33 bits per heavy atom. The number of nitrogens with zero attached hydrogens (tertiary/aromatic N) is 2. The molecule has 0 aliphatic rings. The monoisotopic (exact) mass is 248 g/mol. The average molecular weight is 248 g/mol. The number of rotatable bonds is 3. The Labute approximate surface area is 101 Å². The molecule has 0 saturated carbocycles. The van der Waals surface area contributed by atoms with Gasteiger partial charge in [-0.15, -0.1) is 0 Å². The van der Waals surface area contributed by atoms with Crippen molar-refractivity contribution in [2.45, 2.75) is 0 Å². The molecule has 2 aromatic rings. The van der Waals surface area contributed by atoms with Crippen LogP contribution in [0, 0.1) is 15.9 Å². The van der Waals surface area contributed by atoms with Crippen LogP contribution in [-0.4, -0.2) is 9.91 Å². The van der Waals surface area contributed by atoms with Gasteiger partial charge < -0.3 is 11.1 Å². The van der Waals surface area contributed by atoms with Crippen LogP contribution in [0.15, 0.2) is 36.4 Å². The van der Waals surface area contributed by atoms with Gasteiger partial charge in [0.2, 0.25) is 0 Å². The fourth-order valence-corrected chi connectivity index (χ4v) is 1.41. The molecule has 0 aliphatic heterocycles. The Bertz CT molecular complexity index is 603. The third-order valence-corrected chi connectivity index (χ3v) is 2.18. The number of nitrogen functional groups attached to an aromatic ring is 1. The maximum absolute atomic E-state index is 13.4. The highest BCUT2D eigenvalue weighted by Gasteiger charge is 2.10. The summed E-state index contributed by atoms with van der Waals surface area (Å²) in [5.74, 6) is -0.376. The van der Waals surface area contributed by atoms with Gasteiger partial charge in [0.25, 0.3) is 5.69 Å². The molecular weight excluding hydrogens is 239 g/mol. The van der Waals surface area contributed by atoms with Crippen molar-refractivity contribution in [3.05, 3.63) is 52.3 Å². The van der Waals surface area contributed by atoms with Gasteiger partial charge in [0.15, 0.2) is 0 Å². The van der Waals surface area contributed by atoms with Crippen molar-refractivity contribution >= 4 is 23.0 Å². The largest absolute Gasteiger partial charge is 0.383 e. The molecule has 0 spiro atoms. The summed E-state index contributed by atoms with van der Waals surface area (Å²) >= 11 is 0. The smallest absolute Gasteiger partial charge is 0.276 e. The lowest BCUT2D eigenvalue weighted by Gasteiger charge is -2.06. The van der Waals surface area contributed by atoms with Crippen LogP contribution in [0.4, 0.5) is 27.4 Å². The number of pyridine rings is 1. The Balaban J connectivity index is 2.35. The van der Waals surface area contributed by atoms with Gasteiger partial charge in [-0.2, -0.15) is 0 Å². The molecule has 0 radical (unpaired) electrons. The van der Waals surface area contributed by atoms with Crippen LogP contribution < -0.4 is 11.1 Å². The Morgan fingerprint density at radius 3 is 2.72 bits per heavy atom. The minimum Gasteiger partial charge on any atom is -0.383 e. The van der Waals surface area contributed by atoms with Crippen molar-refractivity contribution in [1.29, 1.82) is 0 Å². The summed E-state index contributed by atoms with van der Waals surface area (Å²) in [5, 5.41) is 13.3.